The largest absolute Gasteiger partial charge is 0.444 e. The Bertz CT molecular complexity index is 1670. The number of aromatic nitrogens is 4. The molecule has 2 aliphatic rings. The molecule has 2 aliphatic heterocycles. The summed E-state index contributed by atoms with van der Waals surface area (Å²) in [6.45, 7) is 10.1. The lowest BCUT2D eigenvalue weighted by Crippen LogP contribution is -2.53. The van der Waals surface area contributed by atoms with Crippen LogP contribution in [0.25, 0.3) is 16.6 Å². The number of carbonyl (C=O) groups excluding carboxylic acids is 2. The van der Waals surface area contributed by atoms with Gasteiger partial charge in [0, 0.05) is 67.4 Å². The Morgan fingerprint density at radius 3 is 2.52 bits per heavy atom. The van der Waals surface area contributed by atoms with Crippen molar-refractivity contribution in [2.75, 3.05) is 17.3 Å². The van der Waals surface area contributed by atoms with E-state index < -0.39 is 11.4 Å². The van der Waals surface area contributed by atoms with Crippen LogP contribution in [-0.4, -0.2) is 66.8 Å². The van der Waals surface area contributed by atoms with Crippen LogP contribution in [0.15, 0.2) is 36.8 Å². The highest BCUT2D eigenvalue weighted by Gasteiger charge is 2.46. The molecular weight excluding hydrogens is 537 g/mol. The van der Waals surface area contributed by atoms with Crippen LogP contribution in [0.3, 0.4) is 0 Å². The first kappa shape index (κ1) is 28.0. The molecule has 10 nitrogen and oxygen atoms in total. The minimum Gasteiger partial charge on any atom is -0.444 e. The average molecular weight is 576 g/mol. The van der Waals surface area contributed by atoms with Crippen LogP contribution in [0.2, 0.25) is 0 Å². The van der Waals surface area contributed by atoms with Gasteiger partial charge in [-0.05, 0) is 72.4 Å². The van der Waals surface area contributed by atoms with Crippen LogP contribution in [0.5, 0.6) is 0 Å². The molecule has 4 aromatic rings. The monoisotopic (exact) mass is 575 g/mol. The van der Waals surface area contributed by atoms with Gasteiger partial charge in [-0.1, -0.05) is 0 Å². The number of nitrogens with one attached hydrogen (secondary N) is 1. The molecule has 2 saturated heterocycles. The molecule has 2 amide bonds. The van der Waals surface area contributed by atoms with Gasteiger partial charge in [-0.25, -0.2) is 14.2 Å². The molecule has 3 atom stereocenters. The number of anilines is 2. The topological polar surface area (TPSA) is 97.0 Å². The fraction of sp³-hybridized carbons (Fsp3) is 0.484. The zero-order valence-corrected chi connectivity index (χ0v) is 25.0. The molecule has 0 aliphatic carbocycles. The second-order valence-electron chi connectivity index (χ2n) is 12.5. The number of hydrogen-bond donors (Lipinski definition) is 1. The van der Waals surface area contributed by atoms with E-state index in [-0.39, 0.29) is 35.8 Å². The SMILES string of the molecule is CCn1cc2c(N(C)C3C[C@H]4CC[C@@H](C3)N4C(=O)OC(C)(C)C)ccc(C(=O)Nc3cc(F)c4nc(C)cn4c3)c2n1. The van der Waals surface area contributed by atoms with Gasteiger partial charge in [0.25, 0.3) is 5.91 Å². The van der Waals surface area contributed by atoms with Gasteiger partial charge in [0.1, 0.15) is 11.1 Å². The van der Waals surface area contributed by atoms with Crippen LogP contribution in [0.4, 0.5) is 20.6 Å². The smallest absolute Gasteiger partial charge is 0.410 e. The van der Waals surface area contributed by atoms with Crippen molar-refractivity contribution in [1.29, 1.82) is 0 Å². The summed E-state index contributed by atoms with van der Waals surface area (Å²) in [4.78, 5) is 34.9. The van der Waals surface area contributed by atoms with E-state index >= 15 is 0 Å². The van der Waals surface area contributed by atoms with Crippen LogP contribution in [0.1, 0.15) is 69.4 Å². The normalized spacial score (nSPS) is 20.4. The second kappa shape index (κ2) is 10.3. The van der Waals surface area contributed by atoms with Gasteiger partial charge in [-0.15, -0.1) is 0 Å². The Hall–Kier alpha value is -4.15. The van der Waals surface area contributed by atoms with E-state index in [0.717, 1.165) is 36.8 Å². The number of carbonyl (C=O) groups is 2. The highest BCUT2D eigenvalue weighted by atomic mass is 19.1. The zero-order valence-electron chi connectivity index (χ0n) is 25.0. The number of imidazole rings is 1. The van der Waals surface area contributed by atoms with Gasteiger partial charge < -0.3 is 24.3 Å². The molecule has 0 saturated carbocycles. The lowest BCUT2D eigenvalue weighted by atomic mass is 9.95. The van der Waals surface area contributed by atoms with E-state index in [0.29, 0.717) is 29.0 Å². The Labute approximate surface area is 244 Å². The summed E-state index contributed by atoms with van der Waals surface area (Å²) in [5.41, 5.74) is 2.70. The van der Waals surface area contributed by atoms with Gasteiger partial charge in [0.2, 0.25) is 0 Å². The van der Waals surface area contributed by atoms with Crippen LogP contribution >= 0.6 is 0 Å². The van der Waals surface area contributed by atoms with Crippen LogP contribution < -0.4 is 10.2 Å². The van der Waals surface area contributed by atoms with E-state index in [1.807, 2.05) is 49.5 Å². The first-order valence-electron chi connectivity index (χ1n) is 14.6. The Balaban J connectivity index is 1.26. The number of rotatable bonds is 5. The highest BCUT2D eigenvalue weighted by molar-refractivity contribution is 6.13. The van der Waals surface area contributed by atoms with E-state index in [1.165, 1.54) is 6.07 Å². The molecule has 42 heavy (non-hydrogen) atoms. The zero-order chi connectivity index (χ0) is 29.9. The van der Waals surface area contributed by atoms with Crippen molar-refractivity contribution in [2.45, 2.75) is 90.6 Å². The van der Waals surface area contributed by atoms with Gasteiger partial charge in [-0.3, -0.25) is 9.48 Å². The number of nitrogens with zero attached hydrogens (tertiary/aromatic N) is 6. The minimum atomic E-state index is -0.525. The molecule has 6 rings (SSSR count). The summed E-state index contributed by atoms with van der Waals surface area (Å²) < 4.78 is 23.8. The van der Waals surface area contributed by atoms with Crippen molar-refractivity contribution in [2.24, 2.45) is 0 Å². The molecule has 2 fully saturated rings. The fourth-order valence-electron chi connectivity index (χ4n) is 6.51. The number of benzene rings is 1. The quantitative estimate of drug-likeness (QED) is 0.325. The standard InChI is InChI=1S/C31H38FN7O3/c1-7-38-17-24-26(36(6)22-13-20-8-9-21(14-22)39(20)30(41)42-31(3,4)5)11-10-23(27(24)35-38)29(40)34-19-12-25(32)28-33-18(2)15-37(28)16-19/h10-12,15-17,20-22H,7-9,13-14H2,1-6H3,(H,34,40)/t20-,21+,22?. The molecule has 2 bridgehead atoms. The van der Waals surface area contributed by atoms with Crippen molar-refractivity contribution >= 4 is 39.9 Å². The van der Waals surface area contributed by atoms with E-state index in [2.05, 4.69) is 22.2 Å². The number of ether oxygens (including phenoxy) is 1. The van der Waals surface area contributed by atoms with Gasteiger partial charge in [0.15, 0.2) is 11.5 Å². The second-order valence-corrected chi connectivity index (χ2v) is 12.5. The molecular formula is C31H38FN7O3. The fourth-order valence-corrected chi connectivity index (χ4v) is 6.51. The third-order valence-corrected chi connectivity index (χ3v) is 8.39. The maximum atomic E-state index is 14.6. The number of pyridine rings is 1. The van der Waals surface area contributed by atoms with Crippen LogP contribution in [0, 0.1) is 12.7 Å². The number of halogens is 1. The molecule has 11 heteroatoms. The molecule has 1 aromatic carbocycles. The third-order valence-electron chi connectivity index (χ3n) is 8.39. The highest BCUT2D eigenvalue weighted by Crippen LogP contribution is 2.40. The van der Waals surface area contributed by atoms with Gasteiger partial charge in [0.05, 0.1) is 16.9 Å². The number of aryl methyl sites for hydroxylation is 2. The molecule has 0 spiro atoms. The molecule has 222 valence electrons. The van der Waals surface area contributed by atoms with Crippen molar-refractivity contribution in [3.05, 3.63) is 53.9 Å². The first-order chi connectivity index (χ1) is 19.9. The summed E-state index contributed by atoms with van der Waals surface area (Å²) in [6, 6.07) is 5.54. The average Bonchev–Trinajstić information content (AvgIpc) is 3.59. The molecule has 0 radical (unpaired) electrons. The summed E-state index contributed by atoms with van der Waals surface area (Å²) >= 11 is 0. The summed E-state index contributed by atoms with van der Waals surface area (Å²) in [7, 11) is 2.08. The van der Waals surface area contributed by atoms with Crippen molar-refractivity contribution in [3.63, 3.8) is 0 Å². The third kappa shape index (κ3) is 5.05. The minimum absolute atomic E-state index is 0.141. The molecule has 1 unspecified atom stereocenters. The number of fused-ring (bicyclic) bond motifs is 4. The van der Waals surface area contributed by atoms with E-state index in [1.54, 1.807) is 29.8 Å². The number of hydrogen-bond acceptors (Lipinski definition) is 6. The predicted molar refractivity (Wildman–Crippen MR) is 160 cm³/mol. The molecule has 1 N–H and O–H groups in total. The van der Waals surface area contributed by atoms with Crippen molar-refractivity contribution in [1.82, 2.24) is 24.1 Å². The summed E-state index contributed by atoms with van der Waals surface area (Å²) in [6.07, 6.45) is 8.76. The Morgan fingerprint density at radius 2 is 1.86 bits per heavy atom. The Kier molecular flexibility index (Phi) is 6.86. The first-order valence-corrected chi connectivity index (χ1v) is 14.6. The van der Waals surface area contributed by atoms with Crippen LogP contribution in [-0.2, 0) is 11.3 Å². The summed E-state index contributed by atoms with van der Waals surface area (Å²) in [5.74, 6) is -0.875. The lowest BCUT2D eigenvalue weighted by Gasteiger charge is -2.43. The summed E-state index contributed by atoms with van der Waals surface area (Å²) in [5, 5.41) is 8.45. The van der Waals surface area contributed by atoms with Gasteiger partial charge in [-0.2, -0.15) is 5.10 Å². The lowest BCUT2D eigenvalue weighted by molar-refractivity contribution is 0.00598. The molecule has 3 aromatic heterocycles. The van der Waals surface area contributed by atoms with Gasteiger partial charge >= 0.3 is 6.09 Å². The van der Waals surface area contributed by atoms with Crippen molar-refractivity contribution < 1.29 is 18.7 Å². The molecule has 5 heterocycles. The predicted octanol–water partition coefficient (Wildman–Crippen LogP) is 5.77. The van der Waals surface area contributed by atoms with E-state index in [9.17, 15) is 14.0 Å². The Morgan fingerprint density at radius 1 is 1.14 bits per heavy atom. The van der Waals surface area contributed by atoms with E-state index in [4.69, 9.17) is 9.84 Å². The maximum Gasteiger partial charge on any atom is 0.410 e. The number of piperidine rings is 1. The van der Waals surface area contributed by atoms with Crippen molar-refractivity contribution in [3.8, 4) is 0 Å². The number of amides is 2. The maximum absolute atomic E-state index is 14.6.